The average molecular weight is 222 g/mol. The summed E-state index contributed by atoms with van der Waals surface area (Å²) in [5.41, 5.74) is 0.504. The van der Waals surface area contributed by atoms with Gasteiger partial charge in [-0.15, -0.1) is 0 Å². The SMILES string of the molecule is CCCNCCCOC(=O)c1cccnc1. The van der Waals surface area contributed by atoms with E-state index in [1.54, 1.807) is 18.3 Å². The fourth-order valence-electron chi connectivity index (χ4n) is 1.23. The summed E-state index contributed by atoms with van der Waals surface area (Å²) in [6.45, 7) is 4.46. The zero-order chi connectivity index (χ0) is 11.6. The Bertz CT molecular complexity index is 301. The number of hydrogen-bond acceptors (Lipinski definition) is 4. The van der Waals surface area contributed by atoms with E-state index in [9.17, 15) is 4.79 Å². The number of carbonyl (C=O) groups is 1. The Kier molecular flexibility index (Phi) is 6.18. The van der Waals surface area contributed by atoms with Gasteiger partial charge < -0.3 is 10.1 Å². The van der Waals surface area contributed by atoms with Crippen molar-refractivity contribution in [2.75, 3.05) is 19.7 Å². The van der Waals surface area contributed by atoms with Crippen LogP contribution in [0.5, 0.6) is 0 Å². The van der Waals surface area contributed by atoms with Crippen molar-refractivity contribution in [2.45, 2.75) is 19.8 Å². The minimum Gasteiger partial charge on any atom is -0.462 e. The zero-order valence-corrected chi connectivity index (χ0v) is 9.61. The van der Waals surface area contributed by atoms with Gasteiger partial charge in [0.1, 0.15) is 0 Å². The number of aromatic nitrogens is 1. The van der Waals surface area contributed by atoms with Gasteiger partial charge in [-0.3, -0.25) is 4.98 Å². The minimum atomic E-state index is -0.302. The minimum absolute atomic E-state index is 0.302. The second-order valence-corrected chi connectivity index (χ2v) is 3.48. The first-order chi connectivity index (χ1) is 7.84. The maximum Gasteiger partial charge on any atom is 0.339 e. The van der Waals surface area contributed by atoms with Crippen LogP contribution in [0.1, 0.15) is 30.1 Å². The van der Waals surface area contributed by atoms with Crippen LogP contribution in [0.15, 0.2) is 24.5 Å². The van der Waals surface area contributed by atoms with E-state index in [0.717, 1.165) is 25.9 Å². The van der Waals surface area contributed by atoms with Crippen molar-refractivity contribution in [3.63, 3.8) is 0 Å². The maximum atomic E-state index is 11.5. The summed E-state index contributed by atoms with van der Waals surface area (Å²) in [4.78, 5) is 15.3. The summed E-state index contributed by atoms with van der Waals surface area (Å²) >= 11 is 0. The highest BCUT2D eigenvalue weighted by Gasteiger charge is 2.05. The molecule has 1 aromatic heterocycles. The van der Waals surface area contributed by atoms with Gasteiger partial charge in [-0.25, -0.2) is 4.79 Å². The van der Waals surface area contributed by atoms with Crippen LogP contribution in [0, 0.1) is 0 Å². The van der Waals surface area contributed by atoms with Gasteiger partial charge in [-0.05, 0) is 38.1 Å². The van der Waals surface area contributed by atoms with Gasteiger partial charge >= 0.3 is 5.97 Å². The van der Waals surface area contributed by atoms with Gasteiger partial charge in [0.05, 0.1) is 12.2 Å². The first-order valence-electron chi connectivity index (χ1n) is 5.62. The number of ether oxygens (including phenoxy) is 1. The lowest BCUT2D eigenvalue weighted by Gasteiger charge is -2.05. The molecule has 0 aliphatic carbocycles. The third-order valence-corrected chi connectivity index (χ3v) is 2.06. The quantitative estimate of drug-likeness (QED) is 0.562. The van der Waals surface area contributed by atoms with Crippen molar-refractivity contribution < 1.29 is 9.53 Å². The molecule has 0 fully saturated rings. The highest BCUT2D eigenvalue weighted by Crippen LogP contribution is 1.98. The van der Waals surface area contributed by atoms with E-state index in [2.05, 4.69) is 17.2 Å². The molecule has 0 bridgehead atoms. The lowest BCUT2D eigenvalue weighted by Crippen LogP contribution is -2.18. The Morgan fingerprint density at radius 1 is 1.50 bits per heavy atom. The highest BCUT2D eigenvalue weighted by atomic mass is 16.5. The normalized spacial score (nSPS) is 10.1. The number of nitrogens with one attached hydrogen (secondary N) is 1. The summed E-state index contributed by atoms with van der Waals surface area (Å²) in [5, 5.41) is 3.24. The fourth-order valence-corrected chi connectivity index (χ4v) is 1.23. The lowest BCUT2D eigenvalue weighted by atomic mass is 10.3. The van der Waals surface area contributed by atoms with Crippen LogP contribution in [-0.4, -0.2) is 30.6 Å². The summed E-state index contributed by atoms with van der Waals surface area (Å²) < 4.78 is 5.09. The predicted octanol–water partition coefficient (Wildman–Crippen LogP) is 1.63. The molecule has 0 spiro atoms. The molecule has 0 unspecified atom stereocenters. The smallest absolute Gasteiger partial charge is 0.339 e. The largest absolute Gasteiger partial charge is 0.462 e. The molecule has 16 heavy (non-hydrogen) atoms. The molecule has 0 aliphatic heterocycles. The predicted molar refractivity (Wildman–Crippen MR) is 62.3 cm³/mol. The van der Waals surface area contributed by atoms with Crippen LogP contribution in [0.3, 0.4) is 0 Å². The van der Waals surface area contributed by atoms with Gasteiger partial charge in [-0.2, -0.15) is 0 Å². The third kappa shape index (κ3) is 4.89. The van der Waals surface area contributed by atoms with Gasteiger partial charge in [0.25, 0.3) is 0 Å². The molecule has 4 heteroatoms. The Morgan fingerprint density at radius 3 is 3.06 bits per heavy atom. The van der Waals surface area contributed by atoms with Crippen LogP contribution in [0.2, 0.25) is 0 Å². The van der Waals surface area contributed by atoms with Crippen LogP contribution >= 0.6 is 0 Å². The Hall–Kier alpha value is -1.42. The molecule has 0 atom stereocenters. The zero-order valence-electron chi connectivity index (χ0n) is 9.61. The molecule has 1 aromatic rings. The third-order valence-electron chi connectivity index (χ3n) is 2.06. The summed E-state index contributed by atoms with van der Waals surface area (Å²) in [5.74, 6) is -0.302. The first kappa shape index (κ1) is 12.6. The molecular weight excluding hydrogens is 204 g/mol. The highest BCUT2D eigenvalue weighted by molar-refractivity contribution is 5.88. The van der Waals surface area contributed by atoms with Gasteiger partial charge in [0.15, 0.2) is 0 Å². The number of pyridine rings is 1. The molecule has 88 valence electrons. The standard InChI is InChI=1S/C12H18N2O2/c1-2-6-13-8-4-9-16-12(15)11-5-3-7-14-10-11/h3,5,7,10,13H,2,4,6,8-9H2,1H3. The molecule has 1 N–H and O–H groups in total. The van der Waals surface area contributed by atoms with E-state index in [0.29, 0.717) is 12.2 Å². The van der Waals surface area contributed by atoms with Gasteiger partial charge in [0.2, 0.25) is 0 Å². The Morgan fingerprint density at radius 2 is 2.38 bits per heavy atom. The van der Waals surface area contributed by atoms with E-state index >= 15 is 0 Å². The monoisotopic (exact) mass is 222 g/mol. The maximum absolute atomic E-state index is 11.5. The topological polar surface area (TPSA) is 51.2 Å². The van der Waals surface area contributed by atoms with Crippen molar-refractivity contribution in [1.82, 2.24) is 10.3 Å². The van der Waals surface area contributed by atoms with E-state index in [1.165, 1.54) is 6.20 Å². The van der Waals surface area contributed by atoms with Crippen molar-refractivity contribution in [3.05, 3.63) is 30.1 Å². The summed E-state index contributed by atoms with van der Waals surface area (Å²) in [6, 6.07) is 3.42. The molecule has 1 rings (SSSR count). The van der Waals surface area contributed by atoms with Gasteiger partial charge in [0, 0.05) is 12.4 Å². The van der Waals surface area contributed by atoms with E-state index in [-0.39, 0.29) is 5.97 Å². The molecular formula is C12H18N2O2. The molecule has 4 nitrogen and oxygen atoms in total. The number of hydrogen-bond donors (Lipinski definition) is 1. The van der Waals surface area contributed by atoms with Crippen molar-refractivity contribution in [1.29, 1.82) is 0 Å². The van der Waals surface area contributed by atoms with Gasteiger partial charge in [-0.1, -0.05) is 6.92 Å². The van der Waals surface area contributed by atoms with Crippen LogP contribution in [-0.2, 0) is 4.74 Å². The number of carbonyl (C=O) groups excluding carboxylic acids is 1. The number of esters is 1. The first-order valence-corrected chi connectivity index (χ1v) is 5.62. The molecule has 0 amide bonds. The lowest BCUT2D eigenvalue weighted by molar-refractivity contribution is 0.0500. The Labute approximate surface area is 96.0 Å². The Balaban J connectivity index is 2.12. The van der Waals surface area contributed by atoms with Crippen LogP contribution in [0.25, 0.3) is 0 Å². The second-order valence-electron chi connectivity index (χ2n) is 3.48. The van der Waals surface area contributed by atoms with Crippen molar-refractivity contribution in [2.24, 2.45) is 0 Å². The average Bonchev–Trinajstić information content (AvgIpc) is 2.34. The fraction of sp³-hybridized carbons (Fsp3) is 0.500. The van der Waals surface area contributed by atoms with Crippen molar-refractivity contribution >= 4 is 5.97 Å². The molecule has 0 aromatic carbocycles. The summed E-state index contributed by atoms with van der Waals surface area (Å²) in [6.07, 6.45) is 5.10. The molecule has 0 aliphatic rings. The van der Waals surface area contributed by atoms with Crippen LogP contribution in [0.4, 0.5) is 0 Å². The van der Waals surface area contributed by atoms with Crippen LogP contribution < -0.4 is 5.32 Å². The number of nitrogens with zero attached hydrogens (tertiary/aromatic N) is 1. The second kappa shape index (κ2) is 7.82. The molecule has 0 saturated heterocycles. The molecule has 1 heterocycles. The van der Waals surface area contributed by atoms with E-state index in [4.69, 9.17) is 4.74 Å². The molecule has 0 radical (unpaired) electrons. The van der Waals surface area contributed by atoms with E-state index < -0.39 is 0 Å². The molecule has 0 saturated carbocycles. The van der Waals surface area contributed by atoms with Crippen molar-refractivity contribution in [3.8, 4) is 0 Å². The number of rotatable bonds is 7. The summed E-state index contributed by atoms with van der Waals surface area (Å²) in [7, 11) is 0. The van der Waals surface area contributed by atoms with E-state index in [1.807, 2.05) is 0 Å².